The van der Waals surface area contributed by atoms with Gasteiger partial charge in [-0.15, -0.1) is 0 Å². The zero-order valence-electron chi connectivity index (χ0n) is 23.8. The van der Waals surface area contributed by atoms with Crippen LogP contribution in [-0.2, 0) is 14.3 Å². The van der Waals surface area contributed by atoms with E-state index in [0.717, 1.165) is 36.8 Å². The number of hydrogen-bond acceptors (Lipinski definition) is 5. The molecule has 0 aromatic carbocycles. The van der Waals surface area contributed by atoms with Gasteiger partial charge in [0.1, 0.15) is 6.10 Å². The van der Waals surface area contributed by atoms with Gasteiger partial charge in [0, 0.05) is 12.5 Å². The number of hydrogen-bond donors (Lipinski definition) is 3. The molecule has 0 saturated heterocycles. The van der Waals surface area contributed by atoms with Crippen molar-refractivity contribution in [3.8, 4) is 0 Å². The quantitative estimate of drug-likeness (QED) is 0.247. The van der Waals surface area contributed by atoms with E-state index in [2.05, 4.69) is 27.7 Å². The molecule has 1 unspecified atom stereocenters. The Morgan fingerprint density at radius 3 is 2.30 bits per heavy atom. The number of aliphatic hydroxyl groups is 2. The van der Waals surface area contributed by atoms with Crippen molar-refractivity contribution in [1.29, 1.82) is 0 Å². The Labute approximate surface area is 222 Å². The lowest BCUT2D eigenvalue weighted by Crippen LogP contribution is -2.65. The molecule has 0 heterocycles. The number of ether oxygens (including phenoxy) is 1. The maximum Gasteiger partial charge on any atom is 0.331 e. The first-order valence-corrected chi connectivity index (χ1v) is 14.3. The van der Waals surface area contributed by atoms with Gasteiger partial charge in [-0.3, -0.25) is 4.79 Å². The van der Waals surface area contributed by atoms with Crippen molar-refractivity contribution in [2.45, 2.75) is 118 Å². The molecule has 3 N–H and O–H groups in total. The Morgan fingerprint density at radius 2 is 1.70 bits per heavy atom. The number of carboxylic acid groups (broad SMARTS) is 1. The summed E-state index contributed by atoms with van der Waals surface area (Å²) in [6.45, 7) is 14.5. The van der Waals surface area contributed by atoms with Gasteiger partial charge in [0.05, 0.1) is 12.2 Å². The van der Waals surface area contributed by atoms with Gasteiger partial charge in [-0.1, -0.05) is 39.3 Å². The van der Waals surface area contributed by atoms with Crippen LogP contribution in [0.4, 0.5) is 0 Å². The molecule has 10 atom stereocenters. The molecule has 0 bridgehead atoms. The van der Waals surface area contributed by atoms with Crippen LogP contribution in [0.3, 0.4) is 0 Å². The molecule has 4 aliphatic rings. The number of allylic oxidation sites excluding steroid dienone is 2. The van der Waals surface area contributed by atoms with E-state index in [1.165, 1.54) is 6.92 Å². The Balaban J connectivity index is 1.82. The molecule has 0 aromatic heterocycles. The highest BCUT2D eigenvalue weighted by Crippen LogP contribution is 2.74. The lowest BCUT2D eigenvalue weighted by Gasteiger charge is -2.69. The van der Waals surface area contributed by atoms with Crippen LogP contribution in [0.15, 0.2) is 22.8 Å². The van der Waals surface area contributed by atoms with E-state index < -0.39 is 24.1 Å². The average Bonchev–Trinajstić information content (AvgIpc) is 3.05. The van der Waals surface area contributed by atoms with Crippen LogP contribution in [0.5, 0.6) is 0 Å². The van der Waals surface area contributed by atoms with Crippen LogP contribution in [0.2, 0.25) is 0 Å². The Morgan fingerprint density at radius 1 is 1.03 bits per heavy atom. The second-order valence-electron chi connectivity index (χ2n) is 13.6. The number of rotatable bonds is 5. The first kappa shape index (κ1) is 28.4. The number of carboxylic acids is 1. The van der Waals surface area contributed by atoms with Crippen molar-refractivity contribution in [1.82, 2.24) is 0 Å². The Kier molecular flexibility index (Phi) is 7.53. The van der Waals surface area contributed by atoms with Crippen LogP contribution < -0.4 is 0 Å². The highest BCUT2D eigenvalue weighted by atomic mass is 16.5. The third-order valence-corrected chi connectivity index (χ3v) is 11.6. The zero-order chi connectivity index (χ0) is 27.5. The van der Waals surface area contributed by atoms with Crippen LogP contribution in [0.25, 0.3) is 0 Å². The second-order valence-corrected chi connectivity index (χ2v) is 13.6. The topological polar surface area (TPSA) is 104 Å². The molecule has 208 valence electrons. The normalized spacial score (nSPS) is 46.2. The summed E-state index contributed by atoms with van der Waals surface area (Å²) in [4.78, 5) is 24.8. The summed E-state index contributed by atoms with van der Waals surface area (Å²) in [5, 5.41) is 32.9. The van der Waals surface area contributed by atoms with Gasteiger partial charge in [0.15, 0.2) is 0 Å². The molecule has 4 aliphatic carbocycles. The van der Waals surface area contributed by atoms with Crippen molar-refractivity contribution >= 4 is 11.9 Å². The summed E-state index contributed by atoms with van der Waals surface area (Å²) in [6.07, 6.45) is 6.22. The lowest BCUT2D eigenvalue weighted by atomic mass is 9.36. The minimum Gasteiger partial charge on any atom is -0.478 e. The first-order chi connectivity index (χ1) is 17.2. The summed E-state index contributed by atoms with van der Waals surface area (Å²) >= 11 is 0. The van der Waals surface area contributed by atoms with Crippen molar-refractivity contribution in [3.63, 3.8) is 0 Å². The predicted octanol–water partition coefficient (Wildman–Crippen LogP) is 5.67. The Hall–Kier alpha value is -1.66. The summed E-state index contributed by atoms with van der Waals surface area (Å²) < 4.78 is 5.87. The summed E-state index contributed by atoms with van der Waals surface area (Å²) in [5.41, 5.74) is 1.57. The van der Waals surface area contributed by atoms with Gasteiger partial charge in [-0.05, 0) is 111 Å². The molecule has 6 nitrogen and oxygen atoms in total. The van der Waals surface area contributed by atoms with E-state index >= 15 is 0 Å². The highest BCUT2D eigenvalue weighted by molar-refractivity contribution is 5.88. The molecular formula is C31H48O6. The van der Waals surface area contributed by atoms with Crippen molar-refractivity contribution < 1.29 is 29.6 Å². The summed E-state index contributed by atoms with van der Waals surface area (Å²) in [5.74, 6) is -0.909. The van der Waals surface area contributed by atoms with Crippen LogP contribution in [0.1, 0.15) is 99.8 Å². The molecule has 0 radical (unpaired) electrons. The molecule has 4 saturated carbocycles. The fourth-order valence-electron chi connectivity index (χ4n) is 9.79. The van der Waals surface area contributed by atoms with E-state index in [9.17, 15) is 24.9 Å². The van der Waals surface area contributed by atoms with E-state index in [0.29, 0.717) is 37.2 Å². The third-order valence-electron chi connectivity index (χ3n) is 11.6. The minimum absolute atomic E-state index is 0.0474. The van der Waals surface area contributed by atoms with Crippen LogP contribution in [0, 0.1) is 39.9 Å². The van der Waals surface area contributed by atoms with E-state index in [-0.39, 0.29) is 40.1 Å². The number of aliphatic hydroxyl groups excluding tert-OH is 2. The number of carbonyl (C=O) groups excluding carboxylic acids is 1. The molecule has 0 aliphatic heterocycles. The summed E-state index contributed by atoms with van der Waals surface area (Å²) in [7, 11) is 0. The third kappa shape index (κ3) is 4.40. The number of carbonyl (C=O) groups is 2. The fraction of sp³-hybridized carbons (Fsp3) is 0.806. The number of aliphatic carboxylic acids is 1. The lowest BCUT2D eigenvalue weighted by molar-refractivity contribution is -0.234. The number of esters is 1. The first-order valence-electron chi connectivity index (χ1n) is 14.3. The highest BCUT2D eigenvalue weighted by Gasteiger charge is 2.70. The molecule has 4 rings (SSSR count). The van der Waals surface area contributed by atoms with Gasteiger partial charge in [-0.25, -0.2) is 4.79 Å². The number of fused-ring (bicyclic) bond motifs is 5. The van der Waals surface area contributed by atoms with E-state index in [4.69, 9.17) is 4.74 Å². The second kappa shape index (κ2) is 9.82. The standard InChI is InChI=1S/C31H48O6/c1-17(2)9-8-10-20(28(35)36)26-22-15-24(34)27-29(5)13-12-23(33)18(3)21(29)11-14-30(27,6)31(22,7)16-25(26)37-19(4)32/h9,18,21-25,27,33-34H,8,10-16H2,1-7H3,(H,35,36)/b26-20-/t18-,21-,22-,23+,24+,25?,27-,29-,30-,31-/m0/s1. The molecule has 37 heavy (non-hydrogen) atoms. The molecule has 0 aromatic rings. The van der Waals surface area contributed by atoms with Crippen molar-refractivity contribution in [2.24, 2.45) is 39.9 Å². The molecule has 4 fully saturated rings. The molecular weight excluding hydrogens is 468 g/mol. The zero-order valence-corrected chi connectivity index (χ0v) is 23.8. The van der Waals surface area contributed by atoms with Gasteiger partial charge < -0.3 is 20.1 Å². The summed E-state index contributed by atoms with van der Waals surface area (Å²) in [6, 6.07) is 0. The van der Waals surface area contributed by atoms with E-state index in [1.54, 1.807) is 0 Å². The fourth-order valence-corrected chi connectivity index (χ4v) is 9.79. The molecule has 0 amide bonds. The molecule has 6 heteroatoms. The van der Waals surface area contributed by atoms with E-state index in [1.807, 2.05) is 19.9 Å². The van der Waals surface area contributed by atoms with Gasteiger partial charge in [-0.2, -0.15) is 0 Å². The predicted molar refractivity (Wildman–Crippen MR) is 143 cm³/mol. The van der Waals surface area contributed by atoms with Gasteiger partial charge in [0.25, 0.3) is 0 Å². The van der Waals surface area contributed by atoms with Crippen molar-refractivity contribution in [2.75, 3.05) is 0 Å². The maximum atomic E-state index is 12.6. The average molecular weight is 517 g/mol. The smallest absolute Gasteiger partial charge is 0.331 e. The largest absolute Gasteiger partial charge is 0.478 e. The monoisotopic (exact) mass is 516 g/mol. The SMILES string of the molecule is CC(=O)OC1C[C@@]2(C)[C@@H](C[C@@H](O)[C@H]3[C@@]4(C)CC[C@@H](O)[C@@H](C)[C@@H]4CC[C@@]32C)/C1=C(\CCC=C(C)C)C(=O)O. The van der Waals surface area contributed by atoms with Crippen LogP contribution in [-0.4, -0.2) is 45.6 Å². The van der Waals surface area contributed by atoms with Crippen molar-refractivity contribution in [3.05, 3.63) is 22.8 Å². The molecule has 0 spiro atoms. The maximum absolute atomic E-state index is 12.6. The van der Waals surface area contributed by atoms with Gasteiger partial charge in [0.2, 0.25) is 0 Å². The van der Waals surface area contributed by atoms with Gasteiger partial charge >= 0.3 is 11.9 Å². The minimum atomic E-state index is -0.953. The Bertz CT molecular complexity index is 994. The van der Waals surface area contributed by atoms with Crippen LogP contribution >= 0.6 is 0 Å².